The van der Waals surface area contributed by atoms with E-state index in [0.29, 0.717) is 6.54 Å². The minimum atomic E-state index is -0.0733. The Bertz CT molecular complexity index is 836. The van der Waals surface area contributed by atoms with Gasteiger partial charge in [-0.3, -0.25) is 4.79 Å². The predicted octanol–water partition coefficient (Wildman–Crippen LogP) is 4.58. The molecule has 130 valence electrons. The Hall–Kier alpha value is -2.55. The number of carbonyl (C=O) groups is 1. The molecule has 0 aliphatic heterocycles. The smallest absolute Gasteiger partial charge is 0.227 e. The minimum Gasteiger partial charge on any atom is -0.361 e. The van der Waals surface area contributed by atoms with Crippen molar-refractivity contribution in [3.8, 4) is 0 Å². The van der Waals surface area contributed by atoms with Gasteiger partial charge < -0.3 is 10.3 Å². The van der Waals surface area contributed by atoms with Gasteiger partial charge in [0, 0.05) is 23.6 Å². The summed E-state index contributed by atoms with van der Waals surface area (Å²) in [5.74, 6) is 0.0404. The van der Waals surface area contributed by atoms with Crippen molar-refractivity contribution in [2.75, 3.05) is 6.54 Å². The molecular formula is C22H26N2O. The highest BCUT2D eigenvalue weighted by Crippen LogP contribution is 2.23. The number of H-pyrrole nitrogens is 1. The molecule has 1 aromatic heterocycles. The lowest BCUT2D eigenvalue weighted by atomic mass is 9.95. The average molecular weight is 334 g/mol. The number of amides is 1. The second-order valence-corrected chi connectivity index (χ2v) is 6.42. The molecule has 0 aliphatic rings. The van der Waals surface area contributed by atoms with Gasteiger partial charge in [-0.05, 0) is 36.0 Å². The van der Waals surface area contributed by atoms with Gasteiger partial charge in [-0.25, -0.2) is 0 Å². The summed E-state index contributed by atoms with van der Waals surface area (Å²) >= 11 is 0. The second-order valence-electron chi connectivity index (χ2n) is 6.42. The molecule has 1 atom stereocenters. The number of rotatable bonds is 7. The van der Waals surface area contributed by atoms with Crippen molar-refractivity contribution in [3.05, 3.63) is 71.4 Å². The van der Waals surface area contributed by atoms with Gasteiger partial charge in [0.25, 0.3) is 0 Å². The molecule has 25 heavy (non-hydrogen) atoms. The van der Waals surface area contributed by atoms with Crippen LogP contribution in [0.4, 0.5) is 0 Å². The van der Waals surface area contributed by atoms with Gasteiger partial charge in [-0.15, -0.1) is 0 Å². The Balaban J connectivity index is 1.64. The number of nitrogens with one attached hydrogen (secondary N) is 2. The van der Waals surface area contributed by atoms with E-state index in [9.17, 15) is 4.79 Å². The molecule has 2 aromatic carbocycles. The fraction of sp³-hybridized carbons (Fsp3) is 0.318. The lowest BCUT2D eigenvalue weighted by molar-refractivity contribution is -0.122. The van der Waals surface area contributed by atoms with Crippen LogP contribution < -0.4 is 5.32 Å². The van der Waals surface area contributed by atoms with E-state index in [2.05, 4.69) is 48.5 Å². The number of aromatic nitrogens is 1. The lowest BCUT2D eigenvalue weighted by Crippen LogP contribution is -2.30. The van der Waals surface area contributed by atoms with Crippen LogP contribution in [0.25, 0.3) is 10.9 Å². The van der Waals surface area contributed by atoms with Gasteiger partial charge in [0.15, 0.2) is 0 Å². The summed E-state index contributed by atoms with van der Waals surface area (Å²) in [5.41, 5.74) is 4.91. The van der Waals surface area contributed by atoms with Gasteiger partial charge in [0.05, 0.1) is 5.92 Å². The zero-order valence-electron chi connectivity index (χ0n) is 15.0. The maximum Gasteiger partial charge on any atom is 0.227 e. The summed E-state index contributed by atoms with van der Waals surface area (Å²) in [5, 5.41) is 4.38. The fourth-order valence-corrected chi connectivity index (χ4v) is 3.48. The fourth-order valence-electron chi connectivity index (χ4n) is 3.48. The van der Waals surface area contributed by atoms with Crippen LogP contribution in [0.5, 0.6) is 0 Å². The Morgan fingerprint density at radius 3 is 2.56 bits per heavy atom. The molecule has 1 unspecified atom stereocenters. The normalized spacial score (nSPS) is 12.2. The molecule has 3 rings (SSSR count). The van der Waals surface area contributed by atoms with Crippen molar-refractivity contribution < 1.29 is 4.79 Å². The first-order chi connectivity index (χ1) is 12.2. The summed E-state index contributed by atoms with van der Waals surface area (Å²) in [6.07, 6.45) is 4.74. The van der Waals surface area contributed by atoms with Crippen LogP contribution in [0.1, 0.15) is 42.9 Å². The Kier molecular flexibility index (Phi) is 5.54. The number of aromatic amines is 1. The number of benzene rings is 2. The average Bonchev–Trinajstić information content (AvgIpc) is 3.06. The highest BCUT2D eigenvalue weighted by atomic mass is 16.1. The number of hydrogen-bond donors (Lipinski definition) is 2. The van der Waals surface area contributed by atoms with Gasteiger partial charge in [0.1, 0.15) is 0 Å². The number of hydrogen-bond acceptors (Lipinski definition) is 1. The first-order valence-corrected chi connectivity index (χ1v) is 9.15. The molecule has 3 nitrogen and oxygen atoms in total. The molecule has 0 saturated heterocycles. The van der Waals surface area contributed by atoms with Crippen LogP contribution in [-0.4, -0.2) is 17.4 Å². The van der Waals surface area contributed by atoms with Crippen molar-refractivity contribution in [3.63, 3.8) is 0 Å². The van der Waals surface area contributed by atoms with E-state index >= 15 is 0 Å². The first-order valence-electron chi connectivity index (χ1n) is 9.15. The van der Waals surface area contributed by atoms with Crippen LogP contribution >= 0.6 is 0 Å². The highest BCUT2D eigenvalue weighted by molar-refractivity contribution is 5.86. The van der Waals surface area contributed by atoms with E-state index in [-0.39, 0.29) is 11.8 Å². The Morgan fingerprint density at radius 2 is 1.84 bits per heavy atom. The summed E-state index contributed by atoms with van der Waals surface area (Å²) in [4.78, 5) is 15.9. The third kappa shape index (κ3) is 3.76. The summed E-state index contributed by atoms with van der Waals surface area (Å²) in [7, 11) is 0. The van der Waals surface area contributed by atoms with Gasteiger partial charge in [0.2, 0.25) is 5.91 Å². The van der Waals surface area contributed by atoms with Crippen LogP contribution in [0.15, 0.2) is 54.7 Å². The van der Waals surface area contributed by atoms with E-state index in [4.69, 9.17) is 0 Å². The predicted molar refractivity (Wildman–Crippen MR) is 104 cm³/mol. The maximum atomic E-state index is 12.5. The number of fused-ring (bicyclic) bond motifs is 1. The number of aryl methyl sites for hydroxylation is 1. The molecule has 3 heteroatoms. The summed E-state index contributed by atoms with van der Waals surface area (Å²) in [6.45, 7) is 4.89. The zero-order chi connectivity index (χ0) is 17.6. The molecule has 0 bridgehead atoms. The first kappa shape index (κ1) is 17.3. The zero-order valence-corrected chi connectivity index (χ0v) is 15.0. The Labute approximate surface area is 149 Å². The lowest BCUT2D eigenvalue weighted by Gasteiger charge is -2.15. The number of carbonyl (C=O) groups excluding carboxylic acids is 1. The van der Waals surface area contributed by atoms with E-state index in [1.54, 1.807) is 0 Å². The standard InChI is InChI=1S/C22H26N2O/c1-3-16-11-8-12-20-18(15-24-21(16)20)13-14-23-22(25)19(4-2)17-9-6-5-7-10-17/h5-12,15,19,24H,3-4,13-14H2,1-2H3,(H,23,25). The van der Waals surface area contributed by atoms with Crippen molar-refractivity contribution in [2.45, 2.75) is 39.0 Å². The van der Waals surface area contributed by atoms with Gasteiger partial charge in [-0.2, -0.15) is 0 Å². The van der Waals surface area contributed by atoms with E-state index in [1.807, 2.05) is 30.3 Å². The molecule has 2 N–H and O–H groups in total. The molecule has 3 aromatic rings. The maximum absolute atomic E-state index is 12.5. The molecule has 0 radical (unpaired) electrons. The third-order valence-electron chi connectivity index (χ3n) is 4.89. The van der Waals surface area contributed by atoms with Crippen molar-refractivity contribution in [1.82, 2.24) is 10.3 Å². The van der Waals surface area contributed by atoms with E-state index in [0.717, 1.165) is 24.8 Å². The third-order valence-corrected chi connectivity index (χ3v) is 4.89. The summed E-state index contributed by atoms with van der Waals surface area (Å²) < 4.78 is 0. The molecule has 1 heterocycles. The van der Waals surface area contributed by atoms with Gasteiger partial charge >= 0.3 is 0 Å². The van der Waals surface area contributed by atoms with Crippen molar-refractivity contribution in [2.24, 2.45) is 0 Å². The van der Waals surface area contributed by atoms with Crippen molar-refractivity contribution >= 4 is 16.8 Å². The van der Waals surface area contributed by atoms with Crippen LogP contribution in [-0.2, 0) is 17.6 Å². The number of para-hydroxylation sites is 1. The highest BCUT2D eigenvalue weighted by Gasteiger charge is 2.18. The summed E-state index contributed by atoms with van der Waals surface area (Å²) in [6, 6.07) is 16.4. The minimum absolute atomic E-state index is 0.0733. The molecule has 0 saturated carbocycles. The van der Waals surface area contributed by atoms with E-state index < -0.39 is 0 Å². The van der Waals surface area contributed by atoms with Crippen LogP contribution in [0.2, 0.25) is 0 Å². The second kappa shape index (κ2) is 8.02. The van der Waals surface area contributed by atoms with Crippen LogP contribution in [0, 0.1) is 0 Å². The van der Waals surface area contributed by atoms with Crippen LogP contribution in [0.3, 0.4) is 0 Å². The molecule has 1 amide bonds. The molecule has 0 fully saturated rings. The van der Waals surface area contributed by atoms with Gasteiger partial charge in [-0.1, -0.05) is 62.4 Å². The quantitative estimate of drug-likeness (QED) is 0.652. The largest absolute Gasteiger partial charge is 0.361 e. The topological polar surface area (TPSA) is 44.9 Å². The SMILES string of the molecule is CCc1cccc2c(CCNC(=O)C(CC)c3ccccc3)c[nH]c12. The monoisotopic (exact) mass is 334 g/mol. The Morgan fingerprint density at radius 1 is 1.04 bits per heavy atom. The molecule has 0 aliphatic carbocycles. The molecule has 0 spiro atoms. The van der Waals surface area contributed by atoms with Crippen molar-refractivity contribution in [1.29, 1.82) is 0 Å². The molecular weight excluding hydrogens is 308 g/mol. The van der Waals surface area contributed by atoms with E-state index in [1.165, 1.54) is 22.0 Å².